The molecule has 0 radical (unpaired) electrons. The van der Waals surface area contributed by atoms with Gasteiger partial charge in [0.2, 0.25) is 0 Å². The SMILES string of the molecule is C#CC(CCC)Nc1cccc(F)c1C(=O)O. The Kier molecular flexibility index (Phi) is 4.53. The Labute approximate surface area is 99.7 Å². The van der Waals surface area contributed by atoms with Gasteiger partial charge in [0.15, 0.2) is 0 Å². The first-order chi connectivity index (χ1) is 8.10. The number of hydrogen-bond acceptors (Lipinski definition) is 2. The molecular formula is C13H14FNO2. The monoisotopic (exact) mass is 235 g/mol. The van der Waals surface area contributed by atoms with Gasteiger partial charge in [0.25, 0.3) is 0 Å². The maximum atomic E-state index is 13.4. The second-order valence-corrected chi connectivity index (χ2v) is 3.62. The number of carboxylic acids is 1. The molecule has 0 aliphatic carbocycles. The summed E-state index contributed by atoms with van der Waals surface area (Å²) in [4.78, 5) is 10.9. The molecule has 4 heteroatoms. The standard InChI is InChI=1S/C13H14FNO2/c1-3-6-9(4-2)15-11-8-5-7-10(14)12(11)13(16)17/h2,5,7-9,15H,3,6H2,1H3,(H,16,17). The molecule has 0 heterocycles. The lowest BCUT2D eigenvalue weighted by atomic mass is 10.1. The predicted molar refractivity (Wildman–Crippen MR) is 64.5 cm³/mol. The van der Waals surface area contributed by atoms with Crippen LogP contribution in [-0.2, 0) is 0 Å². The van der Waals surface area contributed by atoms with Crippen molar-refractivity contribution in [1.82, 2.24) is 0 Å². The molecule has 2 N–H and O–H groups in total. The highest BCUT2D eigenvalue weighted by atomic mass is 19.1. The van der Waals surface area contributed by atoms with Gasteiger partial charge in [-0.1, -0.05) is 25.3 Å². The Morgan fingerprint density at radius 3 is 2.88 bits per heavy atom. The summed E-state index contributed by atoms with van der Waals surface area (Å²) in [6, 6.07) is 3.77. The average Bonchev–Trinajstić information content (AvgIpc) is 2.28. The Morgan fingerprint density at radius 2 is 2.35 bits per heavy atom. The lowest BCUT2D eigenvalue weighted by molar-refractivity contribution is 0.0693. The van der Waals surface area contributed by atoms with Crippen molar-refractivity contribution in [3.8, 4) is 12.3 Å². The molecular weight excluding hydrogens is 221 g/mol. The van der Waals surface area contributed by atoms with E-state index in [2.05, 4.69) is 11.2 Å². The highest BCUT2D eigenvalue weighted by Gasteiger charge is 2.17. The molecule has 1 unspecified atom stereocenters. The van der Waals surface area contributed by atoms with Crippen LogP contribution in [0.25, 0.3) is 0 Å². The number of terminal acetylenes is 1. The summed E-state index contributed by atoms with van der Waals surface area (Å²) >= 11 is 0. The van der Waals surface area contributed by atoms with Gasteiger partial charge in [0.05, 0.1) is 11.7 Å². The average molecular weight is 235 g/mol. The van der Waals surface area contributed by atoms with E-state index in [1.165, 1.54) is 12.1 Å². The third-order valence-electron chi connectivity index (χ3n) is 2.34. The van der Waals surface area contributed by atoms with Crippen LogP contribution in [0.4, 0.5) is 10.1 Å². The minimum atomic E-state index is -1.31. The van der Waals surface area contributed by atoms with Gasteiger partial charge in [-0.3, -0.25) is 0 Å². The van der Waals surface area contributed by atoms with Crippen LogP contribution in [-0.4, -0.2) is 17.1 Å². The summed E-state index contributed by atoms with van der Waals surface area (Å²) in [5.74, 6) is 0.434. The fourth-order valence-electron chi connectivity index (χ4n) is 1.54. The number of nitrogens with one attached hydrogen (secondary N) is 1. The van der Waals surface area contributed by atoms with Gasteiger partial charge in [0.1, 0.15) is 11.4 Å². The van der Waals surface area contributed by atoms with Crippen LogP contribution in [0, 0.1) is 18.2 Å². The Balaban J connectivity index is 3.02. The van der Waals surface area contributed by atoms with Gasteiger partial charge in [-0.05, 0) is 18.6 Å². The van der Waals surface area contributed by atoms with Crippen molar-refractivity contribution >= 4 is 11.7 Å². The number of anilines is 1. The molecule has 3 nitrogen and oxygen atoms in total. The quantitative estimate of drug-likeness (QED) is 0.771. The summed E-state index contributed by atoms with van der Waals surface area (Å²) in [6.07, 6.45) is 6.88. The van der Waals surface area contributed by atoms with Crippen LogP contribution in [0.5, 0.6) is 0 Å². The fraction of sp³-hybridized carbons (Fsp3) is 0.308. The van der Waals surface area contributed by atoms with Crippen molar-refractivity contribution in [1.29, 1.82) is 0 Å². The molecule has 17 heavy (non-hydrogen) atoms. The van der Waals surface area contributed by atoms with E-state index in [-0.39, 0.29) is 17.3 Å². The molecule has 0 aliphatic heterocycles. The van der Waals surface area contributed by atoms with E-state index in [4.69, 9.17) is 11.5 Å². The minimum Gasteiger partial charge on any atom is -0.478 e. The Bertz CT molecular complexity index is 451. The minimum absolute atomic E-state index is 0.217. The molecule has 1 rings (SSSR count). The second-order valence-electron chi connectivity index (χ2n) is 3.62. The first kappa shape index (κ1) is 13.0. The van der Waals surface area contributed by atoms with Crippen LogP contribution in [0.1, 0.15) is 30.1 Å². The van der Waals surface area contributed by atoms with Gasteiger partial charge in [-0.25, -0.2) is 9.18 Å². The molecule has 0 aliphatic rings. The molecule has 1 aromatic rings. The molecule has 0 saturated heterocycles. The fourth-order valence-corrected chi connectivity index (χ4v) is 1.54. The van der Waals surface area contributed by atoms with E-state index in [1.807, 2.05) is 6.92 Å². The Hall–Kier alpha value is -2.02. The maximum Gasteiger partial charge on any atom is 0.340 e. The zero-order chi connectivity index (χ0) is 12.8. The topological polar surface area (TPSA) is 49.3 Å². The lowest BCUT2D eigenvalue weighted by Crippen LogP contribution is -2.19. The first-order valence-electron chi connectivity index (χ1n) is 5.34. The number of benzene rings is 1. The van der Waals surface area contributed by atoms with Crippen LogP contribution < -0.4 is 5.32 Å². The summed E-state index contributed by atoms with van der Waals surface area (Å²) in [7, 11) is 0. The van der Waals surface area contributed by atoms with Crippen molar-refractivity contribution in [2.45, 2.75) is 25.8 Å². The number of rotatable bonds is 5. The van der Waals surface area contributed by atoms with Gasteiger partial charge >= 0.3 is 5.97 Å². The molecule has 0 fully saturated rings. The molecule has 0 bridgehead atoms. The van der Waals surface area contributed by atoms with E-state index in [1.54, 1.807) is 0 Å². The highest BCUT2D eigenvalue weighted by molar-refractivity contribution is 5.94. The zero-order valence-corrected chi connectivity index (χ0v) is 9.53. The van der Waals surface area contributed by atoms with Crippen molar-refractivity contribution in [3.63, 3.8) is 0 Å². The van der Waals surface area contributed by atoms with E-state index < -0.39 is 11.8 Å². The lowest BCUT2D eigenvalue weighted by Gasteiger charge is -2.15. The summed E-state index contributed by atoms with van der Waals surface area (Å²) in [5.41, 5.74) is -0.155. The van der Waals surface area contributed by atoms with E-state index in [0.29, 0.717) is 6.42 Å². The maximum absolute atomic E-state index is 13.4. The molecule has 0 aromatic heterocycles. The predicted octanol–water partition coefficient (Wildman–Crippen LogP) is 2.74. The first-order valence-corrected chi connectivity index (χ1v) is 5.34. The van der Waals surface area contributed by atoms with E-state index in [9.17, 15) is 9.18 Å². The Morgan fingerprint density at radius 1 is 1.65 bits per heavy atom. The van der Waals surface area contributed by atoms with Crippen LogP contribution in [0.2, 0.25) is 0 Å². The molecule has 0 saturated carbocycles. The molecule has 0 spiro atoms. The van der Waals surface area contributed by atoms with Crippen molar-refractivity contribution < 1.29 is 14.3 Å². The third kappa shape index (κ3) is 3.22. The smallest absolute Gasteiger partial charge is 0.340 e. The van der Waals surface area contributed by atoms with Crippen LogP contribution in [0.3, 0.4) is 0 Å². The number of aromatic carboxylic acids is 1. The number of halogens is 1. The molecule has 0 amide bonds. The number of carboxylic acid groups (broad SMARTS) is 1. The largest absolute Gasteiger partial charge is 0.478 e. The number of carbonyl (C=O) groups is 1. The van der Waals surface area contributed by atoms with Crippen molar-refractivity contribution in [3.05, 3.63) is 29.6 Å². The van der Waals surface area contributed by atoms with Crippen LogP contribution >= 0.6 is 0 Å². The number of hydrogen-bond donors (Lipinski definition) is 2. The van der Waals surface area contributed by atoms with Gasteiger partial charge < -0.3 is 10.4 Å². The van der Waals surface area contributed by atoms with Gasteiger partial charge in [-0.15, -0.1) is 6.42 Å². The van der Waals surface area contributed by atoms with Crippen molar-refractivity contribution in [2.24, 2.45) is 0 Å². The normalized spacial score (nSPS) is 11.6. The van der Waals surface area contributed by atoms with Gasteiger partial charge in [-0.2, -0.15) is 0 Å². The summed E-state index contributed by atoms with van der Waals surface area (Å²) < 4.78 is 13.4. The second kappa shape index (κ2) is 5.90. The van der Waals surface area contributed by atoms with Crippen molar-refractivity contribution in [2.75, 3.05) is 5.32 Å². The third-order valence-corrected chi connectivity index (χ3v) is 2.34. The van der Waals surface area contributed by atoms with Gasteiger partial charge in [0, 0.05) is 0 Å². The van der Waals surface area contributed by atoms with Crippen LogP contribution in [0.15, 0.2) is 18.2 Å². The molecule has 1 aromatic carbocycles. The summed E-state index contributed by atoms with van der Waals surface area (Å²) in [5, 5.41) is 11.8. The molecule has 90 valence electrons. The summed E-state index contributed by atoms with van der Waals surface area (Å²) in [6.45, 7) is 1.97. The molecule has 1 atom stereocenters. The zero-order valence-electron chi connectivity index (χ0n) is 9.53. The van der Waals surface area contributed by atoms with E-state index >= 15 is 0 Å². The highest BCUT2D eigenvalue weighted by Crippen LogP contribution is 2.20. The van der Waals surface area contributed by atoms with E-state index in [0.717, 1.165) is 12.5 Å².